The molecule has 0 saturated carbocycles. The van der Waals surface area contributed by atoms with Crippen LogP contribution < -0.4 is 10.1 Å². The van der Waals surface area contributed by atoms with Gasteiger partial charge in [-0.3, -0.25) is 14.9 Å². The number of nitrogens with zero attached hydrogens (tertiary/aromatic N) is 1. The normalized spacial score (nSPS) is 12.0. The van der Waals surface area contributed by atoms with Gasteiger partial charge in [0, 0.05) is 11.1 Å². The topological polar surface area (TPSA) is 81.5 Å². The number of carbonyl (C=O) groups is 1. The maximum absolute atomic E-state index is 13.1. The zero-order valence-corrected chi connectivity index (χ0v) is 17.5. The quantitative estimate of drug-likeness (QED) is 0.182. The third kappa shape index (κ3) is 7.39. The van der Waals surface area contributed by atoms with E-state index < -0.39 is 58.7 Å². The van der Waals surface area contributed by atoms with Gasteiger partial charge < -0.3 is 10.1 Å². The summed E-state index contributed by atoms with van der Waals surface area (Å²) in [4.78, 5) is 22.0. The van der Waals surface area contributed by atoms with Crippen LogP contribution in [-0.2, 0) is 11.0 Å². The molecular formula is C18H12ClF7N2O4S. The largest absolute Gasteiger partial charge is 0.485 e. The molecule has 2 rings (SSSR count). The lowest BCUT2D eigenvalue weighted by atomic mass is 10.2. The van der Waals surface area contributed by atoms with Gasteiger partial charge in [0.25, 0.3) is 5.69 Å². The van der Waals surface area contributed by atoms with Gasteiger partial charge in [0.2, 0.25) is 5.91 Å². The van der Waals surface area contributed by atoms with Crippen LogP contribution in [0, 0.1) is 10.1 Å². The predicted octanol–water partition coefficient (Wildman–Crippen LogP) is 6.28. The fraction of sp³-hybridized carbons (Fsp3) is 0.278. The van der Waals surface area contributed by atoms with Crippen molar-refractivity contribution in [3.05, 3.63) is 57.1 Å². The molecule has 15 heteroatoms. The summed E-state index contributed by atoms with van der Waals surface area (Å²) in [5, 5.41) is 13.3. The number of thioether (sulfide) groups is 1. The van der Waals surface area contributed by atoms with Crippen molar-refractivity contribution < 1.29 is 45.2 Å². The molecule has 0 spiro atoms. The minimum atomic E-state index is -4.81. The van der Waals surface area contributed by atoms with Crippen LogP contribution in [0.3, 0.4) is 0 Å². The minimum Gasteiger partial charge on any atom is -0.485 e. The first kappa shape index (κ1) is 26.5. The van der Waals surface area contributed by atoms with E-state index in [1.165, 1.54) is 6.07 Å². The summed E-state index contributed by atoms with van der Waals surface area (Å²) in [5.41, 5.74) is -2.37. The number of amides is 1. The number of ether oxygens (including phenoxy) is 1. The van der Waals surface area contributed by atoms with E-state index in [2.05, 4.69) is 10.1 Å². The molecule has 0 fully saturated rings. The lowest BCUT2D eigenvalue weighted by Gasteiger charge is -2.18. The number of hydrogen-bond acceptors (Lipinski definition) is 5. The Morgan fingerprint density at radius 2 is 1.82 bits per heavy atom. The third-order valence-electron chi connectivity index (χ3n) is 3.80. The Kier molecular flexibility index (Phi) is 8.41. The molecule has 0 heterocycles. The van der Waals surface area contributed by atoms with E-state index in [-0.39, 0.29) is 15.6 Å². The summed E-state index contributed by atoms with van der Waals surface area (Å²) in [6.45, 7) is -1.69. The van der Waals surface area contributed by atoms with Crippen LogP contribution in [-0.4, -0.2) is 35.5 Å². The van der Waals surface area contributed by atoms with E-state index in [4.69, 9.17) is 11.6 Å². The zero-order chi connectivity index (χ0) is 25.0. The van der Waals surface area contributed by atoms with Gasteiger partial charge in [-0.2, -0.15) is 22.0 Å². The molecule has 1 N–H and O–H groups in total. The Morgan fingerprint density at radius 3 is 2.39 bits per heavy atom. The first-order chi connectivity index (χ1) is 15.2. The first-order valence-electron chi connectivity index (χ1n) is 8.57. The maximum atomic E-state index is 13.1. The van der Waals surface area contributed by atoms with Gasteiger partial charge >= 0.3 is 18.5 Å². The number of hydrogen-bond donors (Lipinski definition) is 1. The molecule has 2 aromatic carbocycles. The van der Waals surface area contributed by atoms with Crippen molar-refractivity contribution in [3.63, 3.8) is 0 Å². The second kappa shape index (κ2) is 10.5. The van der Waals surface area contributed by atoms with E-state index in [9.17, 15) is 45.6 Å². The predicted molar refractivity (Wildman–Crippen MR) is 105 cm³/mol. The van der Waals surface area contributed by atoms with Crippen LogP contribution in [0.5, 0.6) is 5.75 Å². The lowest BCUT2D eigenvalue weighted by Crippen LogP contribution is -2.34. The molecule has 0 saturated heterocycles. The lowest BCUT2D eigenvalue weighted by molar-refractivity contribution is -0.388. The number of nitro groups is 1. The van der Waals surface area contributed by atoms with E-state index in [0.717, 1.165) is 18.2 Å². The smallest absolute Gasteiger partial charge is 0.416 e. The highest BCUT2D eigenvalue weighted by molar-refractivity contribution is 8.00. The van der Waals surface area contributed by atoms with Crippen molar-refractivity contribution in [1.29, 1.82) is 0 Å². The van der Waals surface area contributed by atoms with Crippen molar-refractivity contribution in [2.24, 2.45) is 0 Å². The SMILES string of the molecule is O=C(CSc1ccc(C(F)(F)F)cc1[N+](=O)[O-])Nc1cc(Cl)ccc1OCC(F)(F)C(F)F. The number of nitrogens with one attached hydrogen (secondary N) is 1. The first-order valence-corrected chi connectivity index (χ1v) is 9.93. The van der Waals surface area contributed by atoms with Crippen LogP contribution in [0.25, 0.3) is 0 Å². The Labute approximate surface area is 190 Å². The van der Waals surface area contributed by atoms with Crippen LogP contribution >= 0.6 is 23.4 Å². The van der Waals surface area contributed by atoms with Gasteiger partial charge in [-0.15, -0.1) is 11.8 Å². The molecule has 0 radical (unpaired) electrons. The molecule has 2 aromatic rings. The van der Waals surface area contributed by atoms with Crippen molar-refractivity contribution in [3.8, 4) is 5.75 Å². The van der Waals surface area contributed by atoms with Gasteiger partial charge in [-0.1, -0.05) is 11.6 Å². The van der Waals surface area contributed by atoms with Crippen LogP contribution in [0.15, 0.2) is 41.3 Å². The monoisotopic (exact) mass is 520 g/mol. The summed E-state index contributed by atoms with van der Waals surface area (Å²) < 4.78 is 93.8. The average molecular weight is 521 g/mol. The molecule has 0 bridgehead atoms. The zero-order valence-electron chi connectivity index (χ0n) is 16.0. The van der Waals surface area contributed by atoms with Crippen molar-refractivity contribution in [2.45, 2.75) is 23.4 Å². The Hall–Kier alpha value is -2.74. The number of benzene rings is 2. The molecule has 0 aliphatic rings. The van der Waals surface area contributed by atoms with Crippen molar-refractivity contribution >= 4 is 40.6 Å². The van der Waals surface area contributed by atoms with E-state index in [1.807, 2.05) is 0 Å². The molecular weight excluding hydrogens is 509 g/mol. The number of halogens is 8. The van der Waals surface area contributed by atoms with Crippen LogP contribution in [0.4, 0.5) is 42.1 Å². The van der Waals surface area contributed by atoms with Crippen molar-refractivity contribution in [2.75, 3.05) is 17.7 Å². The van der Waals surface area contributed by atoms with Gasteiger partial charge in [-0.25, -0.2) is 8.78 Å². The fourth-order valence-corrected chi connectivity index (χ4v) is 3.23. The second-order valence-electron chi connectivity index (χ2n) is 6.27. The number of rotatable bonds is 9. The number of alkyl halides is 7. The van der Waals surface area contributed by atoms with Gasteiger partial charge in [0.1, 0.15) is 5.75 Å². The molecule has 1 amide bonds. The molecule has 0 aliphatic heterocycles. The number of carbonyl (C=O) groups excluding carboxylic acids is 1. The average Bonchev–Trinajstić information content (AvgIpc) is 2.70. The van der Waals surface area contributed by atoms with Gasteiger partial charge in [-0.05, 0) is 30.3 Å². The Morgan fingerprint density at radius 1 is 1.15 bits per heavy atom. The van der Waals surface area contributed by atoms with Crippen molar-refractivity contribution in [1.82, 2.24) is 0 Å². The van der Waals surface area contributed by atoms with E-state index in [1.54, 1.807) is 0 Å². The molecule has 0 atom stereocenters. The van der Waals surface area contributed by atoms with E-state index in [0.29, 0.717) is 23.9 Å². The molecule has 6 nitrogen and oxygen atoms in total. The van der Waals surface area contributed by atoms with Crippen LogP contribution in [0.2, 0.25) is 5.02 Å². The molecule has 33 heavy (non-hydrogen) atoms. The van der Waals surface area contributed by atoms with Gasteiger partial charge in [0.15, 0.2) is 6.61 Å². The Balaban J connectivity index is 2.13. The number of anilines is 1. The molecule has 180 valence electrons. The minimum absolute atomic E-state index is 0.0318. The summed E-state index contributed by atoms with van der Waals surface area (Å²) in [7, 11) is 0. The highest BCUT2D eigenvalue weighted by atomic mass is 35.5. The summed E-state index contributed by atoms with van der Waals surface area (Å²) >= 11 is 6.31. The molecule has 0 unspecified atom stereocenters. The Bertz CT molecular complexity index is 1040. The summed E-state index contributed by atoms with van der Waals surface area (Å²) in [6, 6.07) is 5.09. The second-order valence-corrected chi connectivity index (χ2v) is 7.72. The van der Waals surface area contributed by atoms with Gasteiger partial charge in [0.05, 0.1) is 26.8 Å². The number of nitro benzene ring substituents is 1. The summed E-state index contributed by atoms with van der Waals surface area (Å²) in [6.07, 6.45) is -8.80. The maximum Gasteiger partial charge on any atom is 0.416 e. The third-order valence-corrected chi connectivity index (χ3v) is 5.09. The van der Waals surface area contributed by atoms with E-state index >= 15 is 0 Å². The molecule has 0 aliphatic carbocycles. The molecule has 0 aromatic heterocycles. The fourth-order valence-electron chi connectivity index (χ4n) is 2.25. The standard InChI is InChI=1S/C18H12ClF7N2O4S/c19-10-2-3-13(32-8-17(22,23)16(20)21)11(6-10)27-15(29)7-33-14-4-1-9(18(24,25)26)5-12(14)28(30)31/h1-6,16H,7-8H2,(H,27,29). The highest BCUT2D eigenvalue weighted by Crippen LogP contribution is 2.37. The highest BCUT2D eigenvalue weighted by Gasteiger charge is 2.42. The summed E-state index contributed by atoms with van der Waals surface area (Å²) in [5.74, 6) is -6.26. The van der Waals surface area contributed by atoms with Crippen LogP contribution in [0.1, 0.15) is 5.56 Å².